The monoisotopic (exact) mass is 486 g/mol. The smallest absolute Gasteiger partial charge is 0.747 e. The molecule has 0 aromatic rings. The quantitative estimate of drug-likeness (QED) is 0.106. The predicted octanol–water partition coefficient (Wildman–Crippen LogP) is 0.240. The number of ether oxygens (including phenoxy) is 2. The van der Waals surface area contributed by atoms with Crippen LogP contribution in [-0.4, -0.2) is 43.4 Å². The minimum Gasteiger partial charge on any atom is -0.747 e. The molecule has 0 aromatic carbocycles. The van der Waals surface area contributed by atoms with E-state index in [0.717, 1.165) is 51.4 Å². The zero-order valence-electron chi connectivity index (χ0n) is 20.3. The Morgan fingerprint density at radius 1 is 0.969 bits per heavy atom. The van der Waals surface area contributed by atoms with E-state index in [2.05, 4.69) is 19.6 Å². The molecule has 0 saturated carbocycles. The first kappa shape index (κ1) is 35.7. The fraction of sp³-hybridized carbons (Fsp3) is 0.857. The van der Waals surface area contributed by atoms with Crippen LogP contribution in [0.5, 0.6) is 0 Å². The maximum absolute atomic E-state index is 12.1. The van der Waals surface area contributed by atoms with E-state index in [1.807, 2.05) is 13.8 Å². The number of nitrogens with zero attached hydrogens (tertiary/aromatic N) is 1. The molecule has 11 heteroatoms. The molecule has 182 valence electrons. The second-order valence-corrected chi connectivity index (χ2v) is 9.02. The number of esters is 2. The molecule has 0 spiro atoms. The molecule has 0 amide bonds. The molecule has 0 aliphatic carbocycles. The molecule has 0 fully saturated rings. The van der Waals surface area contributed by atoms with Crippen LogP contribution in [0.15, 0.2) is 0 Å². The Hall–Kier alpha value is -0.860. The SMILES string of the molecule is CCCCC(CC)COC(=O)CC(C(=O)OCC(CC)CCCC)S(=O)(=O)[O-].N#CN.[Na+]. The van der Waals surface area contributed by atoms with E-state index < -0.39 is 33.7 Å². The van der Waals surface area contributed by atoms with Gasteiger partial charge in [-0.3, -0.25) is 9.59 Å². The minimum absolute atomic E-state index is 0. The van der Waals surface area contributed by atoms with Crippen LogP contribution < -0.4 is 35.3 Å². The number of carbonyl (C=O) groups is 2. The first-order valence-electron chi connectivity index (χ1n) is 11.0. The maximum atomic E-state index is 12.1. The molecule has 0 aliphatic heterocycles. The van der Waals surface area contributed by atoms with Gasteiger partial charge in [0, 0.05) is 0 Å². The van der Waals surface area contributed by atoms with Crippen LogP contribution in [0, 0.1) is 23.3 Å². The molecule has 2 N–H and O–H groups in total. The third-order valence-electron chi connectivity index (χ3n) is 4.99. The van der Waals surface area contributed by atoms with Crippen molar-refractivity contribution in [1.29, 1.82) is 5.26 Å². The Morgan fingerprint density at radius 3 is 1.72 bits per heavy atom. The number of hydrogen-bond acceptors (Lipinski definition) is 9. The van der Waals surface area contributed by atoms with E-state index in [9.17, 15) is 22.6 Å². The summed E-state index contributed by atoms with van der Waals surface area (Å²) in [5.74, 6) is -1.74. The van der Waals surface area contributed by atoms with Crippen LogP contribution in [0.25, 0.3) is 0 Å². The van der Waals surface area contributed by atoms with Gasteiger partial charge >= 0.3 is 41.5 Å². The fourth-order valence-corrected chi connectivity index (χ4v) is 3.46. The van der Waals surface area contributed by atoms with Gasteiger partial charge in [-0.25, -0.2) is 8.42 Å². The Bertz CT molecular complexity index is 639. The van der Waals surface area contributed by atoms with Crippen molar-refractivity contribution in [3.05, 3.63) is 0 Å². The number of carbonyl (C=O) groups excluding carboxylic acids is 2. The molecule has 9 nitrogen and oxygen atoms in total. The molecule has 0 bridgehead atoms. The first-order valence-corrected chi connectivity index (χ1v) is 12.4. The summed E-state index contributed by atoms with van der Waals surface area (Å²) in [5, 5.41) is 5.04. The van der Waals surface area contributed by atoms with Crippen molar-refractivity contribution >= 4 is 22.1 Å². The van der Waals surface area contributed by atoms with Gasteiger partial charge in [0.05, 0.1) is 19.6 Å². The Balaban J connectivity index is -0.00000198. The van der Waals surface area contributed by atoms with Gasteiger partial charge in [-0.15, -0.1) is 0 Å². The van der Waals surface area contributed by atoms with Crippen molar-refractivity contribution in [3.63, 3.8) is 0 Å². The van der Waals surface area contributed by atoms with Crippen LogP contribution in [0.1, 0.15) is 85.5 Å². The minimum atomic E-state index is -5.01. The summed E-state index contributed by atoms with van der Waals surface area (Å²) in [4.78, 5) is 24.1. The second kappa shape index (κ2) is 22.0. The summed E-state index contributed by atoms with van der Waals surface area (Å²) < 4.78 is 44.6. The van der Waals surface area contributed by atoms with Gasteiger partial charge in [0.15, 0.2) is 11.4 Å². The first-order chi connectivity index (χ1) is 14.6. The van der Waals surface area contributed by atoms with E-state index >= 15 is 0 Å². The summed E-state index contributed by atoms with van der Waals surface area (Å²) in [6, 6.07) is 0. The third kappa shape index (κ3) is 18.7. The van der Waals surface area contributed by atoms with Gasteiger partial charge in [-0.05, 0) is 24.7 Å². The summed E-state index contributed by atoms with van der Waals surface area (Å²) in [7, 11) is -5.01. The number of nitrogens with two attached hydrogens (primary N) is 1. The van der Waals surface area contributed by atoms with Crippen molar-refractivity contribution in [2.45, 2.75) is 90.7 Å². The zero-order chi connectivity index (χ0) is 24.3. The van der Waals surface area contributed by atoms with Crippen molar-refractivity contribution in [2.75, 3.05) is 13.2 Å². The number of hydrogen-bond donors (Lipinski definition) is 1. The third-order valence-corrected chi connectivity index (χ3v) is 6.05. The summed E-state index contributed by atoms with van der Waals surface area (Å²) in [6.07, 6.45) is 7.83. The largest absolute Gasteiger partial charge is 1.00 e. The van der Waals surface area contributed by atoms with Crippen molar-refractivity contribution < 1.29 is 61.6 Å². The molecular formula is C21H39N2NaO7S. The maximum Gasteiger partial charge on any atom is 1.00 e. The van der Waals surface area contributed by atoms with Crippen LogP contribution >= 0.6 is 0 Å². The average molecular weight is 487 g/mol. The normalized spacial score (nSPS) is 13.2. The average Bonchev–Trinajstić information content (AvgIpc) is 2.71. The summed E-state index contributed by atoms with van der Waals surface area (Å²) in [5.41, 5.74) is 4.15. The van der Waals surface area contributed by atoms with Crippen molar-refractivity contribution in [1.82, 2.24) is 0 Å². The molecule has 0 saturated heterocycles. The van der Waals surface area contributed by atoms with Crippen LogP contribution in [-0.2, 0) is 29.2 Å². The molecule has 3 unspecified atom stereocenters. The van der Waals surface area contributed by atoms with E-state index in [4.69, 9.17) is 14.7 Å². The predicted molar refractivity (Wildman–Crippen MR) is 116 cm³/mol. The number of nitriles is 1. The Morgan fingerprint density at radius 2 is 1.38 bits per heavy atom. The molecule has 0 aliphatic rings. The Kier molecular flexibility index (Phi) is 24.5. The summed E-state index contributed by atoms with van der Waals surface area (Å²) in [6.45, 7) is 8.26. The van der Waals surface area contributed by atoms with Gasteiger partial charge < -0.3 is 19.8 Å². The molecule has 0 aromatic heterocycles. The van der Waals surface area contributed by atoms with E-state index in [-0.39, 0.29) is 54.6 Å². The van der Waals surface area contributed by atoms with Gasteiger partial charge in [-0.2, -0.15) is 5.26 Å². The Labute approximate surface area is 215 Å². The van der Waals surface area contributed by atoms with Crippen LogP contribution in [0.2, 0.25) is 0 Å². The van der Waals surface area contributed by atoms with Crippen LogP contribution in [0.4, 0.5) is 0 Å². The van der Waals surface area contributed by atoms with Crippen molar-refractivity contribution in [3.8, 4) is 6.19 Å². The fourth-order valence-electron chi connectivity index (χ4n) is 2.81. The van der Waals surface area contributed by atoms with Gasteiger partial charge in [0.2, 0.25) is 0 Å². The zero-order valence-corrected chi connectivity index (χ0v) is 23.1. The van der Waals surface area contributed by atoms with Gasteiger partial charge in [-0.1, -0.05) is 66.2 Å². The molecule has 0 heterocycles. The van der Waals surface area contributed by atoms with Crippen LogP contribution in [0.3, 0.4) is 0 Å². The standard InChI is InChI=1S/C20H38O7S.CH2N2.Na/c1-5-9-11-16(7-3)14-26-19(21)13-18(28(23,24)25)20(22)27-15-17(8-4)12-10-6-2;2-1-3;/h16-18H,5-15H2,1-4H3,(H,23,24,25);2H2;/q;;+1/p-1. The molecular weight excluding hydrogens is 447 g/mol. The van der Waals surface area contributed by atoms with Gasteiger partial charge in [0.25, 0.3) is 0 Å². The second-order valence-electron chi connectivity index (χ2n) is 7.46. The van der Waals surface area contributed by atoms with E-state index in [1.54, 1.807) is 0 Å². The topological polar surface area (TPSA) is 160 Å². The van der Waals surface area contributed by atoms with Crippen molar-refractivity contribution in [2.24, 2.45) is 17.6 Å². The van der Waals surface area contributed by atoms with E-state index in [1.165, 1.54) is 6.19 Å². The molecule has 32 heavy (non-hydrogen) atoms. The summed E-state index contributed by atoms with van der Waals surface area (Å²) >= 11 is 0. The molecule has 0 radical (unpaired) electrons. The number of unbranched alkanes of at least 4 members (excludes halogenated alkanes) is 2. The van der Waals surface area contributed by atoms with E-state index in [0.29, 0.717) is 0 Å². The number of rotatable bonds is 16. The van der Waals surface area contributed by atoms with Gasteiger partial charge in [0.1, 0.15) is 10.1 Å². The molecule has 0 rings (SSSR count). The molecule has 3 atom stereocenters.